The van der Waals surface area contributed by atoms with Gasteiger partial charge in [0.2, 0.25) is 23.6 Å². The Morgan fingerprint density at radius 2 is 1.45 bits per heavy atom. The molecular weight excluding hydrogens is 1630 g/mol. The molecule has 9 N–H and O–H groups in total. The Morgan fingerprint density at radius 1 is 0.724 bits per heavy atom. The highest BCUT2D eigenvalue weighted by molar-refractivity contribution is 6.39. The van der Waals surface area contributed by atoms with E-state index >= 15 is 0 Å². The standard InChI is InChI=1S/C91H128N18O18/c1-55-18-12-11-13-19-56(2)71(120-8)47-66-24-21-61(7)91(119,127-66)81(114)85(116)108-29-16-14-20-68(108)86(117)124-73(48-72(121-9)57(3)43-60(6)79(112)80(113)78(111)59(5)42-55)58(4)44-62-22-25-70(74(45-62)122-10)126-90(118)99-51-63-49-95-88(96-50-63)107-37-35-105(36-38-107)75(110)27-40-123-41-39-104-31-33-106(34-32-104)89-97-52-65(53-98-89)84(115)94-28-15-17-30-109-83-76(82(92)100-54-101-83)77(103-109)64-23-26-69-67(46-64)102-87(93)125-69/h11-13,18-19,23,26,43,46,49-50,52-55,57-59,61-62,66,68,70-74,79-80,112-113,119H,14-17,20-22,24-25,27-42,44-45,47-48,51H2,1-10H3,(H2,93,102)(H,94,115)(H,99,118)(H2,92,100,101)/b13-11?,18-12+,56-19?,60-43+/t55-,57-,58-,59-,61-,62?,66+,68+,70-,71+,72-,73+,74-,79-,80+,91-/m1/s1. The number of allylic oxidation sites excluding steroid dienone is 5. The number of piperazine rings is 2. The maximum Gasteiger partial charge on any atom is 0.407 e. The van der Waals surface area contributed by atoms with Crippen molar-refractivity contribution in [1.29, 1.82) is 0 Å². The van der Waals surface area contributed by atoms with Gasteiger partial charge in [-0.3, -0.25) is 28.9 Å². The molecule has 1 unspecified atom stereocenters. The van der Waals surface area contributed by atoms with Gasteiger partial charge in [-0.1, -0.05) is 71.1 Å². The number of hydrogen-bond donors (Lipinski definition) is 7. The van der Waals surface area contributed by atoms with E-state index in [0.29, 0.717) is 205 Å². The minimum absolute atomic E-state index is 0.00878. The van der Waals surface area contributed by atoms with Crippen LogP contribution in [0.15, 0.2) is 101 Å². The van der Waals surface area contributed by atoms with Crippen molar-refractivity contribution in [3.8, 4) is 11.3 Å². The first-order valence-corrected chi connectivity index (χ1v) is 44.8. The zero-order valence-electron chi connectivity index (χ0n) is 74.8. The number of esters is 1. The fraction of sp³-hybridized carbons (Fsp3) is 0.615. The summed E-state index contributed by atoms with van der Waals surface area (Å²) >= 11 is 0. The van der Waals surface area contributed by atoms with Gasteiger partial charge in [-0.05, 0) is 138 Å². The van der Waals surface area contributed by atoms with Crippen molar-refractivity contribution in [2.24, 2.45) is 35.5 Å². The number of carbonyl (C=O) groups excluding carboxylic acids is 7. The molecule has 4 saturated heterocycles. The first-order valence-electron chi connectivity index (χ1n) is 44.8. The van der Waals surface area contributed by atoms with Crippen molar-refractivity contribution in [1.82, 2.24) is 70.0 Å². The van der Waals surface area contributed by atoms with Crippen LogP contribution in [-0.2, 0) is 70.2 Å². The lowest BCUT2D eigenvalue weighted by Gasteiger charge is -2.43. The number of oxazole rings is 1. The van der Waals surface area contributed by atoms with E-state index in [1.807, 2.05) is 80.0 Å². The van der Waals surface area contributed by atoms with Crippen LogP contribution in [0.2, 0.25) is 0 Å². The van der Waals surface area contributed by atoms with Crippen molar-refractivity contribution >= 4 is 87.2 Å². The molecule has 6 aromatic rings. The maximum absolute atomic E-state index is 14.9. The predicted molar refractivity (Wildman–Crippen MR) is 473 cm³/mol. The number of nitrogen functional groups attached to an aromatic ring is 2. The van der Waals surface area contributed by atoms with Crippen molar-refractivity contribution in [3.63, 3.8) is 0 Å². The molecule has 0 radical (unpaired) electrons. The Bertz CT molecular complexity index is 4840. The molecule has 4 amide bonds. The molecule has 5 fully saturated rings. The van der Waals surface area contributed by atoms with E-state index in [0.717, 1.165) is 24.2 Å². The Hall–Kier alpha value is -10.3. The lowest BCUT2D eigenvalue weighted by molar-refractivity contribution is -0.265. The zero-order valence-corrected chi connectivity index (χ0v) is 74.8. The van der Waals surface area contributed by atoms with Gasteiger partial charge in [0.05, 0.1) is 55.0 Å². The Morgan fingerprint density at radius 3 is 2.17 bits per heavy atom. The molecule has 36 nitrogen and oxygen atoms in total. The quantitative estimate of drug-likeness (QED) is 0.0132. The molecule has 0 spiro atoms. The summed E-state index contributed by atoms with van der Waals surface area (Å²) < 4.78 is 50.1. The van der Waals surface area contributed by atoms with Gasteiger partial charge in [0, 0.05) is 173 Å². The van der Waals surface area contributed by atoms with Gasteiger partial charge in [0.1, 0.15) is 53.8 Å². The van der Waals surface area contributed by atoms with Gasteiger partial charge < -0.3 is 94.6 Å². The van der Waals surface area contributed by atoms with Crippen LogP contribution < -0.4 is 31.9 Å². The number of methoxy groups -OCH3 is 3. The molecule has 16 atom stereocenters. The minimum Gasteiger partial charge on any atom is -0.460 e. The van der Waals surface area contributed by atoms with Crippen molar-refractivity contribution in [2.75, 3.05) is 128 Å². The average molecular weight is 1760 g/mol. The molecule has 36 heteroatoms. The molecule has 5 aliphatic heterocycles. The predicted octanol–water partition coefficient (Wildman–Crippen LogP) is 7.69. The van der Waals surface area contributed by atoms with Crippen LogP contribution >= 0.6 is 0 Å². The second kappa shape index (κ2) is 45.1. The number of piperidine rings is 1. The summed E-state index contributed by atoms with van der Waals surface area (Å²) in [6.07, 6.45) is 18.3. The van der Waals surface area contributed by atoms with E-state index in [9.17, 15) is 48.9 Å². The van der Waals surface area contributed by atoms with Crippen LogP contribution in [0.1, 0.15) is 161 Å². The van der Waals surface area contributed by atoms with E-state index in [4.69, 9.17) is 54.1 Å². The van der Waals surface area contributed by atoms with Gasteiger partial charge in [0.15, 0.2) is 17.0 Å². The third-order valence-electron chi connectivity index (χ3n) is 25.9. The zero-order chi connectivity index (χ0) is 90.6. The number of nitrogens with two attached hydrogens (primary N) is 2. The second-order valence-electron chi connectivity index (χ2n) is 35.0. The second-order valence-corrected chi connectivity index (χ2v) is 35.0. The number of ketones is 2. The maximum atomic E-state index is 14.9. The van der Waals surface area contributed by atoms with Crippen LogP contribution in [0.3, 0.4) is 0 Å². The van der Waals surface area contributed by atoms with Gasteiger partial charge in [0.25, 0.3) is 23.6 Å². The molecule has 6 aliphatic rings. The molecule has 1 aliphatic carbocycles. The number of nitrogens with one attached hydrogen (secondary N) is 2. The summed E-state index contributed by atoms with van der Waals surface area (Å²) in [5.74, 6) is -6.91. The first kappa shape index (κ1) is 95.8. The SMILES string of the molecule is CO[C@H]1C[C@@H]2CC[C@@H](C)[C@@](O)(O2)C(=O)C(=O)N2CCCC[C@H]2C(=O)O[C@H]([C@H](C)CC2CC[C@@H](OC(=O)NCc3cnc(N4CCN(C(=O)CCOCCN5CCN(c6ncc(C(=O)NCCCCn7nc(-c8ccc9oc(N)nc9c8)c8c(N)ncnc87)cn6)CC5)CC4)nc3)[C@H](OC)C2)C[C@@H](OC)[C@H](C)/C=C(\C)[C@@H](O)[C@@H](O)C(=O)[C@H](C)C[C@H](C)/C=C/C=CC=C1C. The van der Waals surface area contributed by atoms with Crippen LogP contribution in [0.25, 0.3) is 33.4 Å². The molecule has 12 rings (SSSR count). The molecule has 690 valence electrons. The lowest BCUT2D eigenvalue weighted by atomic mass is 9.78. The number of alkyl carbamates (subject to hydrolysis) is 1. The van der Waals surface area contributed by atoms with E-state index in [1.54, 1.807) is 76.6 Å². The van der Waals surface area contributed by atoms with Gasteiger partial charge in [-0.15, -0.1) is 0 Å². The number of aliphatic hydroxyl groups is 3. The number of nitrogens with zero attached hydrogens (tertiary/aromatic N) is 14. The molecule has 2 bridgehead atoms. The number of amides is 4. The molecular formula is C91H128N18O18. The number of aromatic nitrogens is 9. The van der Waals surface area contributed by atoms with E-state index in [-0.39, 0.29) is 74.4 Å². The molecule has 127 heavy (non-hydrogen) atoms. The molecule has 1 saturated carbocycles. The number of cyclic esters (lactones) is 1. The van der Waals surface area contributed by atoms with Crippen LogP contribution in [-0.4, -0.2) is 283 Å². The summed E-state index contributed by atoms with van der Waals surface area (Å²) in [4.78, 5) is 138. The number of unbranched alkanes of at least 4 members (excludes halogenated alkanes) is 1. The van der Waals surface area contributed by atoms with Crippen molar-refractivity contribution in [3.05, 3.63) is 108 Å². The van der Waals surface area contributed by atoms with Gasteiger partial charge in [-0.25, -0.2) is 44.2 Å². The van der Waals surface area contributed by atoms with E-state index in [2.05, 4.69) is 55.3 Å². The number of aryl methyl sites for hydroxylation is 1. The smallest absolute Gasteiger partial charge is 0.407 e. The normalized spacial score (nSPS) is 27.9. The lowest BCUT2D eigenvalue weighted by Crippen LogP contribution is -2.61. The monoisotopic (exact) mass is 1760 g/mol. The van der Waals surface area contributed by atoms with Gasteiger partial charge >= 0.3 is 12.1 Å². The van der Waals surface area contributed by atoms with E-state index in [1.165, 1.54) is 18.3 Å². The fourth-order valence-corrected chi connectivity index (χ4v) is 18.1. The third-order valence-corrected chi connectivity index (χ3v) is 25.9. The largest absolute Gasteiger partial charge is 0.460 e. The highest BCUT2D eigenvalue weighted by Gasteiger charge is 2.53. The number of anilines is 4. The average Bonchev–Trinajstić information content (AvgIpc) is 1.75. The van der Waals surface area contributed by atoms with Gasteiger partial charge in [-0.2, -0.15) is 10.1 Å². The first-order chi connectivity index (χ1) is 61.1. The van der Waals surface area contributed by atoms with E-state index < -0.39 is 108 Å². The minimum atomic E-state index is -2.47. The molecule has 1 aromatic carbocycles. The Kier molecular flexibility index (Phi) is 34.0. The summed E-state index contributed by atoms with van der Waals surface area (Å²) in [6, 6.07) is 4.39. The van der Waals surface area contributed by atoms with Crippen LogP contribution in [0, 0.1) is 35.5 Å². The number of Topliss-reactive ketones (excluding diaryl/α,β-unsaturated/α-hetero) is 2. The Labute approximate surface area is 741 Å². The number of aliphatic hydroxyl groups excluding tert-OH is 2. The summed E-state index contributed by atoms with van der Waals surface area (Å²) in [5.41, 5.74) is 17.5. The number of rotatable bonds is 24. The number of fused-ring (bicyclic) bond motifs is 5. The third kappa shape index (κ3) is 24.8. The summed E-state index contributed by atoms with van der Waals surface area (Å²) in [6.45, 7) is 20.4. The summed E-state index contributed by atoms with van der Waals surface area (Å²) in [7, 11) is 4.68. The topological polar surface area (TPSA) is 458 Å². The fourth-order valence-electron chi connectivity index (χ4n) is 18.1. The van der Waals surface area contributed by atoms with Crippen molar-refractivity contribution in [2.45, 2.75) is 219 Å². The van der Waals surface area contributed by atoms with Crippen LogP contribution in [0.4, 0.5) is 28.5 Å². The molecule has 5 aromatic heterocycles. The molecule has 10 heterocycles. The van der Waals surface area contributed by atoms with Crippen molar-refractivity contribution < 1.29 is 86.5 Å². The number of hydrogen-bond acceptors (Lipinski definition) is 31. The number of carbonyl (C=O) groups is 7. The number of benzene rings is 1. The Balaban J connectivity index is 0.557. The number of ether oxygens (including phenoxy) is 7. The highest BCUT2D eigenvalue weighted by Crippen LogP contribution is 2.40. The highest BCUT2D eigenvalue weighted by atomic mass is 16.6. The van der Waals surface area contributed by atoms with Crippen LogP contribution in [0.5, 0.6) is 0 Å². The summed E-state index contributed by atoms with van der Waals surface area (Å²) in [5, 5.41) is 46.3.